The van der Waals surface area contributed by atoms with E-state index < -0.39 is 0 Å². The summed E-state index contributed by atoms with van der Waals surface area (Å²) in [7, 11) is 0. The van der Waals surface area contributed by atoms with Crippen molar-refractivity contribution in [1.29, 1.82) is 0 Å². The molecule has 0 spiro atoms. The molecule has 0 aliphatic heterocycles. The van der Waals surface area contributed by atoms with Gasteiger partial charge in [0.1, 0.15) is 17.2 Å². The van der Waals surface area contributed by atoms with Crippen molar-refractivity contribution >= 4 is 38.7 Å². The zero-order valence-electron chi connectivity index (χ0n) is 10.1. The molecule has 92 valence electrons. The number of hydrogen-bond donors (Lipinski definition) is 1. The Morgan fingerprint density at radius 1 is 1.39 bits per heavy atom. The van der Waals surface area contributed by atoms with Crippen molar-refractivity contribution in [2.24, 2.45) is 0 Å². The first-order valence-electron chi connectivity index (χ1n) is 5.57. The standard InChI is InChI=1S/C13H12BrN3S/c1-7-4-3-5-17-12(15)11(16-13(7)17)10-6-9(14)8(2)18-10/h3-6H,15H2,1-2H3. The van der Waals surface area contributed by atoms with Gasteiger partial charge in [-0.25, -0.2) is 4.98 Å². The summed E-state index contributed by atoms with van der Waals surface area (Å²) in [4.78, 5) is 7.00. The van der Waals surface area contributed by atoms with E-state index in [1.54, 1.807) is 11.3 Å². The van der Waals surface area contributed by atoms with Crippen LogP contribution in [-0.2, 0) is 0 Å². The summed E-state index contributed by atoms with van der Waals surface area (Å²) in [6.45, 7) is 4.12. The van der Waals surface area contributed by atoms with Gasteiger partial charge < -0.3 is 5.73 Å². The molecule has 0 amide bonds. The summed E-state index contributed by atoms with van der Waals surface area (Å²) in [6, 6.07) is 6.11. The summed E-state index contributed by atoms with van der Waals surface area (Å²) < 4.78 is 3.05. The normalized spacial score (nSPS) is 11.3. The van der Waals surface area contributed by atoms with E-state index in [1.807, 2.05) is 29.7 Å². The molecule has 3 rings (SSSR count). The molecule has 3 aromatic heterocycles. The van der Waals surface area contributed by atoms with Crippen LogP contribution in [0.1, 0.15) is 10.4 Å². The molecule has 0 atom stereocenters. The minimum atomic E-state index is 0.697. The predicted molar refractivity (Wildman–Crippen MR) is 80.1 cm³/mol. The minimum absolute atomic E-state index is 0.697. The lowest BCUT2D eigenvalue weighted by atomic mass is 10.3. The Morgan fingerprint density at radius 3 is 2.78 bits per heavy atom. The summed E-state index contributed by atoms with van der Waals surface area (Å²) >= 11 is 5.23. The van der Waals surface area contributed by atoms with Gasteiger partial charge in [-0.3, -0.25) is 4.40 Å². The number of anilines is 1. The number of hydrogen-bond acceptors (Lipinski definition) is 3. The highest BCUT2D eigenvalue weighted by atomic mass is 79.9. The summed E-state index contributed by atoms with van der Waals surface area (Å²) in [5.74, 6) is 0.697. The van der Waals surface area contributed by atoms with Gasteiger partial charge in [0.2, 0.25) is 0 Å². The molecule has 0 radical (unpaired) electrons. The Balaban J connectivity index is 2.30. The summed E-state index contributed by atoms with van der Waals surface area (Å²) in [5, 5.41) is 0. The van der Waals surface area contributed by atoms with Crippen molar-refractivity contribution in [3.8, 4) is 10.6 Å². The van der Waals surface area contributed by atoms with Gasteiger partial charge in [-0.05, 0) is 47.5 Å². The molecule has 0 aliphatic carbocycles. The molecule has 0 fully saturated rings. The van der Waals surface area contributed by atoms with Crippen LogP contribution in [0, 0.1) is 13.8 Å². The smallest absolute Gasteiger partial charge is 0.142 e. The number of aryl methyl sites for hydroxylation is 2. The first-order chi connectivity index (χ1) is 8.58. The number of pyridine rings is 1. The van der Waals surface area contributed by atoms with Crippen molar-refractivity contribution in [2.45, 2.75) is 13.8 Å². The number of imidazole rings is 1. The van der Waals surface area contributed by atoms with Crippen LogP contribution in [0.15, 0.2) is 28.9 Å². The van der Waals surface area contributed by atoms with Gasteiger partial charge in [-0.2, -0.15) is 0 Å². The molecule has 0 aromatic carbocycles. The van der Waals surface area contributed by atoms with E-state index in [-0.39, 0.29) is 0 Å². The highest BCUT2D eigenvalue weighted by Gasteiger charge is 2.15. The molecular formula is C13H12BrN3S. The molecule has 2 N–H and O–H groups in total. The Kier molecular flexibility index (Phi) is 2.68. The number of rotatable bonds is 1. The van der Waals surface area contributed by atoms with Crippen molar-refractivity contribution < 1.29 is 0 Å². The third-order valence-corrected chi connectivity index (χ3v) is 5.12. The van der Waals surface area contributed by atoms with Crippen molar-refractivity contribution in [3.63, 3.8) is 0 Å². The zero-order valence-corrected chi connectivity index (χ0v) is 12.5. The first kappa shape index (κ1) is 11.7. The van der Waals surface area contributed by atoms with Gasteiger partial charge in [0.05, 0.1) is 4.88 Å². The maximum absolute atomic E-state index is 6.19. The van der Waals surface area contributed by atoms with Crippen LogP contribution in [0.2, 0.25) is 0 Å². The highest BCUT2D eigenvalue weighted by molar-refractivity contribution is 9.10. The van der Waals surface area contributed by atoms with Gasteiger partial charge in [-0.1, -0.05) is 6.07 Å². The van der Waals surface area contributed by atoms with Crippen LogP contribution in [-0.4, -0.2) is 9.38 Å². The van der Waals surface area contributed by atoms with Gasteiger partial charge in [0.25, 0.3) is 0 Å². The third kappa shape index (κ3) is 1.66. The molecule has 3 nitrogen and oxygen atoms in total. The van der Waals surface area contributed by atoms with Crippen LogP contribution >= 0.6 is 27.3 Å². The number of thiophene rings is 1. The number of nitrogens with zero attached hydrogens (tertiary/aromatic N) is 2. The van der Waals surface area contributed by atoms with Crippen LogP contribution in [0.4, 0.5) is 5.82 Å². The van der Waals surface area contributed by atoms with Gasteiger partial charge in [0, 0.05) is 15.5 Å². The molecule has 18 heavy (non-hydrogen) atoms. The monoisotopic (exact) mass is 321 g/mol. The average Bonchev–Trinajstić information content (AvgIpc) is 2.83. The van der Waals surface area contributed by atoms with Crippen molar-refractivity contribution in [2.75, 3.05) is 5.73 Å². The van der Waals surface area contributed by atoms with Crippen LogP contribution in [0.3, 0.4) is 0 Å². The molecule has 0 aliphatic rings. The highest BCUT2D eigenvalue weighted by Crippen LogP contribution is 2.36. The summed E-state index contributed by atoms with van der Waals surface area (Å²) in [5.41, 5.74) is 9.11. The van der Waals surface area contributed by atoms with Crippen molar-refractivity contribution in [3.05, 3.63) is 39.3 Å². The van der Waals surface area contributed by atoms with E-state index >= 15 is 0 Å². The maximum atomic E-state index is 6.19. The van der Waals surface area contributed by atoms with E-state index in [2.05, 4.69) is 33.9 Å². The Morgan fingerprint density at radius 2 is 2.17 bits per heavy atom. The topological polar surface area (TPSA) is 43.3 Å². The number of aromatic nitrogens is 2. The minimum Gasteiger partial charge on any atom is -0.383 e. The van der Waals surface area contributed by atoms with E-state index in [0.29, 0.717) is 5.82 Å². The SMILES string of the molecule is Cc1sc(-c2nc3c(C)cccn3c2N)cc1Br. The Hall–Kier alpha value is -1.33. The van der Waals surface area contributed by atoms with E-state index in [0.717, 1.165) is 26.3 Å². The fourth-order valence-corrected chi connectivity index (χ4v) is 3.51. The van der Waals surface area contributed by atoms with Crippen LogP contribution in [0.5, 0.6) is 0 Å². The first-order valence-corrected chi connectivity index (χ1v) is 7.18. The number of nitrogens with two attached hydrogens (primary N) is 1. The second kappa shape index (κ2) is 4.10. The molecule has 0 saturated heterocycles. The fraction of sp³-hybridized carbons (Fsp3) is 0.154. The van der Waals surface area contributed by atoms with Crippen LogP contribution < -0.4 is 5.73 Å². The largest absolute Gasteiger partial charge is 0.383 e. The van der Waals surface area contributed by atoms with E-state index in [1.165, 1.54) is 4.88 Å². The molecule has 5 heteroatoms. The molecule has 0 unspecified atom stereocenters. The molecular weight excluding hydrogens is 310 g/mol. The van der Waals surface area contributed by atoms with Crippen molar-refractivity contribution in [1.82, 2.24) is 9.38 Å². The lowest BCUT2D eigenvalue weighted by Crippen LogP contribution is -1.93. The number of halogens is 1. The van der Waals surface area contributed by atoms with E-state index in [4.69, 9.17) is 5.73 Å². The second-order valence-electron chi connectivity index (χ2n) is 4.25. The van der Waals surface area contributed by atoms with E-state index in [9.17, 15) is 0 Å². The zero-order chi connectivity index (χ0) is 12.9. The lowest BCUT2D eigenvalue weighted by molar-refractivity contribution is 1.17. The van der Waals surface area contributed by atoms with Gasteiger partial charge >= 0.3 is 0 Å². The number of nitrogen functional groups attached to an aromatic ring is 1. The number of fused-ring (bicyclic) bond motifs is 1. The Labute approximate surface area is 117 Å². The maximum Gasteiger partial charge on any atom is 0.142 e. The Bertz CT molecular complexity index is 723. The molecule has 3 aromatic rings. The van der Waals surface area contributed by atoms with Gasteiger partial charge in [0.15, 0.2) is 0 Å². The van der Waals surface area contributed by atoms with Crippen LogP contribution in [0.25, 0.3) is 16.2 Å². The predicted octanol–water partition coefficient (Wildman–Crippen LogP) is 4.02. The molecule has 0 bridgehead atoms. The van der Waals surface area contributed by atoms with Gasteiger partial charge in [-0.15, -0.1) is 11.3 Å². The summed E-state index contributed by atoms with van der Waals surface area (Å²) in [6.07, 6.45) is 1.95. The fourth-order valence-electron chi connectivity index (χ4n) is 1.98. The molecule has 0 saturated carbocycles. The molecule has 3 heterocycles. The lowest BCUT2D eigenvalue weighted by Gasteiger charge is -1.97. The quantitative estimate of drug-likeness (QED) is 0.735. The second-order valence-corrected chi connectivity index (χ2v) is 6.36. The average molecular weight is 322 g/mol. The third-order valence-electron chi connectivity index (χ3n) is 2.97.